The minimum absolute atomic E-state index is 0.0740. The Bertz CT molecular complexity index is 700. The van der Waals surface area contributed by atoms with Crippen molar-refractivity contribution in [3.05, 3.63) is 51.5 Å². The van der Waals surface area contributed by atoms with Gasteiger partial charge in [0, 0.05) is 18.3 Å². The first-order chi connectivity index (χ1) is 10.6. The van der Waals surface area contributed by atoms with Gasteiger partial charge in [-0.15, -0.1) is 0 Å². The fourth-order valence-corrected chi connectivity index (χ4v) is 3.29. The van der Waals surface area contributed by atoms with Gasteiger partial charge < -0.3 is 4.90 Å². The Kier molecular flexibility index (Phi) is 4.29. The molecule has 1 aliphatic heterocycles. The average molecular weight is 366 g/mol. The van der Waals surface area contributed by atoms with E-state index in [4.69, 9.17) is 0 Å². The number of hydrogen-bond donors (Lipinski definition) is 1. The van der Waals surface area contributed by atoms with Gasteiger partial charge in [0.05, 0.1) is 4.47 Å². The highest BCUT2D eigenvalue weighted by Gasteiger charge is 2.32. The maximum atomic E-state index is 13.3. The number of nitrogens with zero attached hydrogens (tertiary/aromatic N) is 2. The molecular formula is C16H17BrFN3O. The van der Waals surface area contributed by atoms with Crippen LogP contribution in [0.25, 0.3) is 0 Å². The van der Waals surface area contributed by atoms with Crippen molar-refractivity contribution in [2.75, 3.05) is 6.54 Å². The van der Waals surface area contributed by atoms with Crippen LogP contribution in [0.15, 0.2) is 28.7 Å². The molecule has 2 aromatic rings. The molecule has 1 saturated heterocycles. The molecule has 1 atom stereocenters. The number of H-pyrrole nitrogens is 1. The average Bonchev–Trinajstić information content (AvgIpc) is 3.07. The summed E-state index contributed by atoms with van der Waals surface area (Å²) in [5.41, 5.74) is 2.18. The van der Waals surface area contributed by atoms with E-state index in [1.807, 2.05) is 17.9 Å². The van der Waals surface area contributed by atoms with E-state index in [1.165, 1.54) is 12.1 Å². The van der Waals surface area contributed by atoms with Gasteiger partial charge in [0.25, 0.3) is 5.91 Å². The van der Waals surface area contributed by atoms with Crippen molar-refractivity contribution in [1.82, 2.24) is 15.1 Å². The van der Waals surface area contributed by atoms with Crippen molar-refractivity contribution in [2.45, 2.75) is 32.2 Å². The Morgan fingerprint density at radius 3 is 3.05 bits per heavy atom. The number of aromatic amines is 1. The second-order valence-corrected chi connectivity index (χ2v) is 6.43. The number of carbonyl (C=O) groups excluding carboxylic acids is 1. The Labute approximate surface area is 136 Å². The number of hydrogen-bond acceptors (Lipinski definition) is 2. The van der Waals surface area contributed by atoms with E-state index < -0.39 is 0 Å². The van der Waals surface area contributed by atoms with Gasteiger partial charge in [0.1, 0.15) is 5.82 Å². The highest BCUT2D eigenvalue weighted by atomic mass is 79.9. The van der Waals surface area contributed by atoms with E-state index in [9.17, 15) is 9.18 Å². The summed E-state index contributed by atoms with van der Waals surface area (Å²) in [5, 5.41) is 6.91. The summed E-state index contributed by atoms with van der Waals surface area (Å²) in [6.07, 6.45) is 2.57. The van der Waals surface area contributed by atoms with Crippen LogP contribution in [0.4, 0.5) is 4.39 Å². The molecule has 1 aliphatic rings. The molecule has 22 heavy (non-hydrogen) atoms. The molecule has 6 heteroatoms. The van der Waals surface area contributed by atoms with Crippen molar-refractivity contribution in [1.29, 1.82) is 0 Å². The summed E-state index contributed by atoms with van der Waals surface area (Å²) in [6.45, 7) is 2.58. The van der Waals surface area contributed by atoms with Crippen LogP contribution in [-0.4, -0.2) is 33.6 Å². The predicted molar refractivity (Wildman–Crippen MR) is 85.2 cm³/mol. The maximum absolute atomic E-state index is 13.3. The zero-order chi connectivity index (χ0) is 15.7. The SMILES string of the molecule is Cc1[nH]nc(C(=O)N2CCC[C@H]2Cc2cccc(F)c2)c1Br. The summed E-state index contributed by atoms with van der Waals surface area (Å²) in [5.74, 6) is -0.311. The first-order valence-electron chi connectivity index (χ1n) is 7.32. The molecule has 4 nitrogen and oxygen atoms in total. The quantitative estimate of drug-likeness (QED) is 0.905. The molecule has 0 unspecified atom stereocenters. The third kappa shape index (κ3) is 2.92. The number of nitrogens with one attached hydrogen (secondary N) is 1. The number of carbonyl (C=O) groups is 1. The molecule has 0 radical (unpaired) electrons. The first kappa shape index (κ1) is 15.2. The molecule has 0 saturated carbocycles. The van der Waals surface area contributed by atoms with Gasteiger partial charge in [0.15, 0.2) is 5.69 Å². The zero-order valence-electron chi connectivity index (χ0n) is 12.3. The number of halogens is 2. The minimum Gasteiger partial charge on any atom is -0.334 e. The Morgan fingerprint density at radius 1 is 1.55 bits per heavy atom. The van der Waals surface area contributed by atoms with Gasteiger partial charge in [-0.1, -0.05) is 12.1 Å². The molecule has 3 rings (SSSR count). The molecule has 1 amide bonds. The lowest BCUT2D eigenvalue weighted by Crippen LogP contribution is -2.37. The van der Waals surface area contributed by atoms with Crippen molar-refractivity contribution < 1.29 is 9.18 Å². The second kappa shape index (κ2) is 6.20. The Balaban J connectivity index is 1.78. The van der Waals surface area contributed by atoms with Crippen LogP contribution in [0.5, 0.6) is 0 Å². The third-order valence-corrected chi connectivity index (χ3v) is 5.04. The van der Waals surface area contributed by atoms with E-state index in [0.29, 0.717) is 16.6 Å². The van der Waals surface area contributed by atoms with Crippen LogP contribution in [0.1, 0.15) is 34.6 Å². The van der Waals surface area contributed by atoms with Crippen molar-refractivity contribution >= 4 is 21.8 Å². The topological polar surface area (TPSA) is 49.0 Å². The van der Waals surface area contributed by atoms with Crippen LogP contribution in [0, 0.1) is 12.7 Å². The van der Waals surface area contributed by atoms with Crippen LogP contribution < -0.4 is 0 Å². The molecule has 1 aromatic heterocycles. The second-order valence-electron chi connectivity index (χ2n) is 5.64. The van der Waals surface area contributed by atoms with Gasteiger partial charge >= 0.3 is 0 Å². The van der Waals surface area contributed by atoms with E-state index in [1.54, 1.807) is 6.07 Å². The van der Waals surface area contributed by atoms with Crippen LogP contribution >= 0.6 is 15.9 Å². The normalized spacial score (nSPS) is 18.0. The number of likely N-dealkylation sites (tertiary alicyclic amines) is 1. The molecule has 116 valence electrons. The summed E-state index contributed by atoms with van der Waals surface area (Å²) in [6, 6.07) is 6.68. The first-order valence-corrected chi connectivity index (χ1v) is 8.11. The predicted octanol–water partition coefficient (Wildman–Crippen LogP) is 3.47. The third-order valence-electron chi connectivity index (χ3n) is 4.07. The summed E-state index contributed by atoms with van der Waals surface area (Å²) in [4.78, 5) is 14.5. The van der Waals surface area contributed by atoms with Crippen LogP contribution in [-0.2, 0) is 6.42 Å². The zero-order valence-corrected chi connectivity index (χ0v) is 13.9. The van der Waals surface area contributed by atoms with Gasteiger partial charge in [-0.25, -0.2) is 4.39 Å². The molecule has 1 N–H and O–H groups in total. The number of aryl methyl sites for hydroxylation is 1. The van der Waals surface area contributed by atoms with Gasteiger partial charge in [0.2, 0.25) is 0 Å². The molecule has 0 spiro atoms. The summed E-state index contributed by atoms with van der Waals surface area (Å²) in [7, 11) is 0. The number of benzene rings is 1. The molecule has 2 heterocycles. The van der Waals surface area contributed by atoms with Gasteiger partial charge in [-0.2, -0.15) is 5.10 Å². The number of aromatic nitrogens is 2. The van der Waals surface area contributed by atoms with E-state index in [2.05, 4.69) is 26.1 Å². The highest BCUT2D eigenvalue weighted by Crippen LogP contribution is 2.26. The number of rotatable bonds is 3. The lowest BCUT2D eigenvalue weighted by Gasteiger charge is -2.24. The monoisotopic (exact) mass is 365 g/mol. The summed E-state index contributed by atoms with van der Waals surface area (Å²) >= 11 is 3.40. The Hall–Kier alpha value is -1.69. The molecule has 1 aromatic carbocycles. The van der Waals surface area contributed by atoms with E-state index >= 15 is 0 Å². The summed E-state index contributed by atoms with van der Waals surface area (Å²) < 4.78 is 14.0. The van der Waals surface area contributed by atoms with Crippen LogP contribution in [0.2, 0.25) is 0 Å². The minimum atomic E-state index is -0.237. The van der Waals surface area contributed by atoms with Crippen molar-refractivity contribution in [3.8, 4) is 0 Å². The lowest BCUT2D eigenvalue weighted by atomic mass is 10.0. The lowest BCUT2D eigenvalue weighted by molar-refractivity contribution is 0.0729. The Morgan fingerprint density at radius 2 is 2.36 bits per heavy atom. The highest BCUT2D eigenvalue weighted by molar-refractivity contribution is 9.10. The van der Waals surface area contributed by atoms with Crippen molar-refractivity contribution in [3.63, 3.8) is 0 Å². The molecule has 0 bridgehead atoms. The molecule has 0 aliphatic carbocycles. The maximum Gasteiger partial charge on any atom is 0.275 e. The van der Waals surface area contributed by atoms with E-state index in [-0.39, 0.29) is 17.8 Å². The van der Waals surface area contributed by atoms with Gasteiger partial charge in [-0.3, -0.25) is 9.89 Å². The van der Waals surface area contributed by atoms with Gasteiger partial charge in [-0.05, 0) is 59.8 Å². The standard InChI is InChI=1S/C16H17BrFN3O/c1-10-14(17)15(20-19-10)16(22)21-7-3-6-13(21)9-11-4-2-5-12(18)8-11/h2,4-5,8,13H,3,6-7,9H2,1H3,(H,19,20)/t13-/m0/s1. The number of amides is 1. The fourth-order valence-electron chi connectivity index (χ4n) is 2.94. The van der Waals surface area contributed by atoms with E-state index in [0.717, 1.165) is 30.6 Å². The van der Waals surface area contributed by atoms with Crippen molar-refractivity contribution in [2.24, 2.45) is 0 Å². The van der Waals surface area contributed by atoms with Crippen LogP contribution in [0.3, 0.4) is 0 Å². The smallest absolute Gasteiger partial charge is 0.275 e. The largest absolute Gasteiger partial charge is 0.334 e. The molecule has 1 fully saturated rings. The fraction of sp³-hybridized carbons (Fsp3) is 0.375. The molecular weight excluding hydrogens is 349 g/mol.